The van der Waals surface area contributed by atoms with Gasteiger partial charge in [0.25, 0.3) is 0 Å². The number of carbonyl (C=O) groups is 1. The van der Waals surface area contributed by atoms with Crippen LogP contribution in [0.15, 0.2) is 0 Å². The molecule has 0 aromatic carbocycles. The summed E-state index contributed by atoms with van der Waals surface area (Å²) >= 11 is 0. The molecule has 0 aliphatic heterocycles. The van der Waals surface area contributed by atoms with Crippen molar-refractivity contribution in [2.75, 3.05) is 13.7 Å². The van der Waals surface area contributed by atoms with Gasteiger partial charge in [-0.05, 0) is 39.5 Å². The number of hydrogen-bond acceptors (Lipinski definition) is 3. The molecule has 3 nitrogen and oxygen atoms in total. The lowest BCUT2D eigenvalue weighted by atomic mass is 9.74. The molecule has 1 aliphatic rings. The number of nitrogens with one attached hydrogen (secondary N) is 1. The molecule has 88 valence electrons. The Morgan fingerprint density at radius 3 is 2.40 bits per heavy atom. The van der Waals surface area contributed by atoms with Gasteiger partial charge < -0.3 is 10.1 Å². The predicted octanol–water partition coefficient (Wildman–Crippen LogP) is 2.11. The Hall–Kier alpha value is -0.570. The third kappa shape index (κ3) is 2.71. The van der Waals surface area contributed by atoms with E-state index in [0.29, 0.717) is 12.1 Å². The van der Waals surface area contributed by atoms with Gasteiger partial charge in [0.05, 0.1) is 12.5 Å². The zero-order valence-electron chi connectivity index (χ0n) is 10.4. The van der Waals surface area contributed by atoms with E-state index in [1.807, 2.05) is 13.8 Å². The molecule has 0 unspecified atom stereocenters. The molecule has 15 heavy (non-hydrogen) atoms. The Morgan fingerprint density at radius 2 is 2.07 bits per heavy atom. The Labute approximate surface area is 92.6 Å². The molecular weight excluding hydrogens is 190 g/mol. The monoisotopic (exact) mass is 213 g/mol. The third-order valence-corrected chi connectivity index (χ3v) is 3.63. The van der Waals surface area contributed by atoms with E-state index in [1.165, 1.54) is 26.4 Å². The van der Waals surface area contributed by atoms with Crippen molar-refractivity contribution in [1.82, 2.24) is 5.32 Å². The third-order valence-electron chi connectivity index (χ3n) is 3.63. The van der Waals surface area contributed by atoms with E-state index in [-0.39, 0.29) is 5.97 Å². The zero-order valence-corrected chi connectivity index (χ0v) is 10.4. The van der Waals surface area contributed by atoms with Gasteiger partial charge in [0, 0.05) is 12.1 Å². The van der Waals surface area contributed by atoms with E-state index in [2.05, 4.69) is 12.2 Å². The first-order valence-corrected chi connectivity index (χ1v) is 5.79. The summed E-state index contributed by atoms with van der Waals surface area (Å²) in [7, 11) is 1.45. The Morgan fingerprint density at radius 1 is 1.47 bits per heavy atom. The van der Waals surface area contributed by atoms with Gasteiger partial charge in [-0.1, -0.05) is 6.92 Å². The molecule has 0 bridgehead atoms. The van der Waals surface area contributed by atoms with Gasteiger partial charge in [-0.15, -0.1) is 0 Å². The fraction of sp³-hybridized carbons (Fsp3) is 0.917. The summed E-state index contributed by atoms with van der Waals surface area (Å²) in [6.45, 7) is 6.76. The minimum absolute atomic E-state index is 0.138. The second kappa shape index (κ2) is 4.52. The number of carbonyl (C=O) groups excluding carboxylic acids is 1. The summed E-state index contributed by atoms with van der Waals surface area (Å²) in [4.78, 5) is 11.5. The standard InChI is InChI=1S/C12H23NO2/c1-5-12(7-6-8-12)13-9-11(2,3)10(14)15-4/h13H,5-9H2,1-4H3. The van der Waals surface area contributed by atoms with Gasteiger partial charge in [0.2, 0.25) is 0 Å². The van der Waals surface area contributed by atoms with Crippen LogP contribution in [-0.2, 0) is 9.53 Å². The fourth-order valence-corrected chi connectivity index (χ4v) is 2.02. The maximum absolute atomic E-state index is 11.5. The molecule has 0 amide bonds. The maximum Gasteiger partial charge on any atom is 0.312 e. The Bertz CT molecular complexity index is 226. The van der Waals surface area contributed by atoms with Crippen molar-refractivity contribution in [1.29, 1.82) is 0 Å². The first kappa shape index (κ1) is 12.5. The van der Waals surface area contributed by atoms with E-state index in [4.69, 9.17) is 4.74 Å². The van der Waals surface area contributed by atoms with Crippen LogP contribution >= 0.6 is 0 Å². The summed E-state index contributed by atoms with van der Waals surface area (Å²) in [6, 6.07) is 0. The molecule has 0 spiro atoms. The molecule has 0 radical (unpaired) electrons. The molecule has 1 aliphatic carbocycles. The van der Waals surface area contributed by atoms with Crippen LogP contribution in [0.2, 0.25) is 0 Å². The SMILES string of the molecule is CCC1(NCC(C)(C)C(=O)OC)CCC1. The lowest BCUT2D eigenvalue weighted by Crippen LogP contribution is -2.54. The zero-order chi connectivity index (χ0) is 11.5. The van der Waals surface area contributed by atoms with Crippen LogP contribution in [0.3, 0.4) is 0 Å². The van der Waals surface area contributed by atoms with Crippen LogP contribution < -0.4 is 5.32 Å². The summed E-state index contributed by atoms with van der Waals surface area (Å²) < 4.78 is 4.79. The van der Waals surface area contributed by atoms with Crippen LogP contribution in [0.1, 0.15) is 46.5 Å². The smallest absolute Gasteiger partial charge is 0.312 e. The topological polar surface area (TPSA) is 38.3 Å². The first-order chi connectivity index (χ1) is 6.96. The molecule has 3 heteroatoms. The van der Waals surface area contributed by atoms with Gasteiger partial charge in [-0.2, -0.15) is 0 Å². The Balaban J connectivity index is 2.44. The molecule has 0 aromatic heterocycles. The van der Waals surface area contributed by atoms with E-state index in [9.17, 15) is 4.79 Å². The second-order valence-electron chi connectivity index (χ2n) is 5.22. The van der Waals surface area contributed by atoms with E-state index < -0.39 is 5.41 Å². The molecule has 1 fully saturated rings. The van der Waals surface area contributed by atoms with Crippen molar-refractivity contribution in [2.24, 2.45) is 5.41 Å². The number of hydrogen-bond donors (Lipinski definition) is 1. The lowest BCUT2D eigenvalue weighted by Gasteiger charge is -2.44. The highest BCUT2D eigenvalue weighted by atomic mass is 16.5. The van der Waals surface area contributed by atoms with Crippen LogP contribution in [0.5, 0.6) is 0 Å². The second-order valence-corrected chi connectivity index (χ2v) is 5.22. The van der Waals surface area contributed by atoms with Crippen molar-refractivity contribution >= 4 is 5.97 Å². The Kier molecular flexibility index (Phi) is 3.77. The van der Waals surface area contributed by atoms with Crippen LogP contribution in [0.25, 0.3) is 0 Å². The fourth-order valence-electron chi connectivity index (χ4n) is 2.02. The molecule has 0 heterocycles. The number of rotatable bonds is 5. The van der Waals surface area contributed by atoms with Crippen molar-refractivity contribution in [3.63, 3.8) is 0 Å². The quantitative estimate of drug-likeness (QED) is 0.711. The largest absolute Gasteiger partial charge is 0.469 e. The van der Waals surface area contributed by atoms with Crippen LogP contribution in [0, 0.1) is 5.41 Å². The van der Waals surface area contributed by atoms with Crippen molar-refractivity contribution < 1.29 is 9.53 Å². The molecule has 0 saturated heterocycles. The van der Waals surface area contributed by atoms with E-state index in [0.717, 1.165) is 6.42 Å². The van der Waals surface area contributed by atoms with Gasteiger partial charge >= 0.3 is 5.97 Å². The first-order valence-electron chi connectivity index (χ1n) is 5.79. The highest BCUT2D eigenvalue weighted by Gasteiger charge is 2.38. The average Bonchev–Trinajstić information content (AvgIpc) is 2.15. The number of esters is 1. The molecule has 1 rings (SSSR count). The summed E-state index contributed by atoms with van der Waals surface area (Å²) in [5, 5.41) is 3.54. The van der Waals surface area contributed by atoms with Gasteiger partial charge in [-0.3, -0.25) is 4.79 Å². The summed E-state index contributed by atoms with van der Waals surface area (Å²) in [5.74, 6) is -0.138. The predicted molar refractivity (Wildman–Crippen MR) is 60.7 cm³/mol. The molecular formula is C12H23NO2. The van der Waals surface area contributed by atoms with Crippen LogP contribution in [0.4, 0.5) is 0 Å². The normalized spacial score (nSPS) is 19.5. The average molecular weight is 213 g/mol. The molecule has 0 aromatic rings. The maximum atomic E-state index is 11.5. The highest BCUT2D eigenvalue weighted by molar-refractivity contribution is 5.76. The summed E-state index contributed by atoms with van der Waals surface area (Å²) in [6.07, 6.45) is 4.92. The molecule has 0 atom stereocenters. The molecule has 1 N–H and O–H groups in total. The van der Waals surface area contributed by atoms with Crippen molar-refractivity contribution in [2.45, 2.75) is 52.0 Å². The van der Waals surface area contributed by atoms with Crippen LogP contribution in [-0.4, -0.2) is 25.2 Å². The highest BCUT2D eigenvalue weighted by Crippen LogP contribution is 2.35. The number of methoxy groups -OCH3 is 1. The lowest BCUT2D eigenvalue weighted by molar-refractivity contribution is -0.150. The minimum Gasteiger partial charge on any atom is -0.469 e. The number of ether oxygens (including phenoxy) is 1. The van der Waals surface area contributed by atoms with Crippen molar-refractivity contribution in [3.8, 4) is 0 Å². The van der Waals surface area contributed by atoms with Gasteiger partial charge in [-0.25, -0.2) is 0 Å². The van der Waals surface area contributed by atoms with Crippen molar-refractivity contribution in [3.05, 3.63) is 0 Å². The minimum atomic E-state index is -0.424. The van der Waals surface area contributed by atoms with Gasteiger partial charge in [0.15, 0.2) is 0 Å². The molecule has 1 saturated carbocycles. The van der Waals surface area contributed by atoms with Gasteiger partial charge in [0.1, 0.15) is 0 Å². The summed E-state index contributed by atoms with van der Waals surface area (Å²) in [5.41, 5.74) is -0.127. The van der Waals surface area contributed by atoms with E-state index in [1.54, 1.807) is 0 Å². The van der Waals surface area contributed by atoms with E-state index >= 15 is 0 Å².